The van der Waals surface area contributed by atoms with Gasteiger partial charge in [0.05, 0.1) is 0 Å². The molecule has 0 aliphatic heterocycles. The Bertz CT molecular complexity index is 781. The first kappa shape index (κ1) is 20.4. The summed E-state index contributed by atoms with van der Waals surface area (Å²) in [6.07, 6.45) is 0. The molecule has 0 aromatic heterocycles. The molecule has 1 aliphatic carbocycles. The van der Waals surface area contributed by atoms with Gasteiger partial charge >= 0.3 is 161 Å². The first-order valence-corrected chi connectivity index (χ1v) is 11.5. The van der Waals surface area contributed by atoms with Gasteiger partial charge in [-0.15, -0.1) is 0 Å². The minimum absolute atomic E-state index is 0.139. The summed E-state index contributed by atoms with van der Waals surface area (Å²) < 4.78 is 9.83. The predicted molar refractivity (Wildman–Crippen MR) is 107 cm³/mol. The Morgan fingerprint density at radius 3 is 2.00 bits per heavy atom. The average Bonchev–Trinajstić information content (AvgIpc) is 2.67. The third kappa shape index (κ3) is 4.26. The van der Waals surface area contributed by atoms with Crippen LogP contribution in [0.5, 0.6) is 5.75 Å². The molecular weight excluding hydrogens is 340 g/mol. The summed E-state index contributed by atoms with van der Waals surface area (Å²) in [4.78, 5) is 0. The fraction of sp³-hybridized carbons (Fsp3) is 0.522. The summed E-state index contributed by atoms with van der Waals surface area (Å²) >= 11 is -1.95. The normalized spacial score (nSPS) is 18.1. The van der Waals surface area contributed by atoms with Crippen LogP contribution >= 0.6 is 0 Å². The Balaban J connectivity index is 2.48. The molecule has 0 saturated carbocycles. The fourth-order valence-corrected chi connectivity index (χ4v) is 7.18. The summed E-state index contributed by atoms with van der Waals surface area (Å²) in [6, 6.07) is 6.74. The van der Waals surface area contributed by atoms with E-state index in [4.69, 9.17) is 3.32 Å². The number of allylic oxidation sites excluding steroid dienone is 4. The Morgan fingerprint density at radius 1 is 0.960 bits per heavy atom. The molecule has 1 aliphatic rings. The van der Waals surface area contributed by atoms with Gasteiger partial charge in [-0.2, -0.15) is 0 Å². The van der Waals surface area contributed by atoms with E-state index in [0.29, 0.717) is 5.92 Å². The molecule has 25 heavy (non-hydrogen) atoms. The molecule has 2 rings (SSSR count). The van der Waals surface area contributed by atoms with Gasteiger partial charge in [0.2, 0.25) is 0 Å². The van der Waals surface area contributed by atoms with Gasteiger partial charge in [-0.25, -0.2) is 0 Å². The van der Waals surface area contributed by atoms with E-state index in [1.807, 2.05) is 0 Å². The van der Waals surface area contributed by atoms with Crippen molar-refractivity contribution in [1.29, 1.82) is 0 Å². The van der Waals surface area contributed by atoms with Crippen molar-refractivity contribution in [3.63, 3.8) is 0 Å². The van der Waals surface area contributed by atoms with Gasteiger partial charge in [-0.05, 0) is 0 Å². The zero-order valence-corrected chi connectivity index (χ0v) is 19.3. The van der Waals surface area contributed by atoms with Crippen molar-refractivity contribution in [2.75, 3.05) is 0 Å². The van der Waals surface area contributed by atoms with Crippen LogP contribution in [0, 0.1) is 12.8 Å². The molecule has 1 aromatic carbocycles. The summed E-state index contributed by atoms with van der Waals surface area (Å²) in [5.74, 6) is 1.58. The van der Waals surface area contributed by atoms with Crippen molar-refractivity contribution in [2.45, 2.75) is 74.7 Å². The maximum atomic E-state index is 6.76. The molecule has 2 heteroatoms. The molecule has 1 atom stereocenters. The molecule has 0 N–H and O–H groups in total. The third-order valence-corrected chi connectivity index (χ3v) is 9.61. The van der Waals surface area contributed by atoms with Crippen LogP contribution in [0.15, 0.2) is 38.8 Å². The molecule has 0 fully saturated rings. The first-order chi connectivity index (χ1) is 11.4. The standard InChI is InChI=1S/C11H16O.C9H13.C3H6.Ti/c1-8-5-9(11(2,3)4)7-10(12)6-8;1-6-5-7(2)9(4)8(6)3;1-3-2;/h5-7,12H,1-4H3;6H,1-4H3;1-2H3;/q;;;+1/p-1. The van der Waals surface area contributed by atoms with Crippen molar-refractivity contribution < 1.29 is 21.1 Å². The quantitative estimate of drug-likeness (QED) is 0.537. The van der Waals surface area contributed by atoms with Crippen LogP contribution in [0.25, 0.3) is 0 Å². The van der Waals surface area contributed by atoms with Gasteiger partial charge in [0.25, 0.3) is 0 Å². The first-order valence-electron chi connectivity index (χ1n) is 9.29. The van der Waals surface area contributed by atoms with Gasteiger partial charge in [0.1, 0.15) is 0 Å². The third-order valence-electron chi connectivity index (χ3n) is 5.48. The second-order valence-electron chi connectivity index (χ2n) is 8.78. The van der Waals surface area contributed by atoms with Crippen molar-refractivity contribution in [3.8, 4) is 5.75 Å². The van der Waals surface area contributed by atoms with Gasteiger partial charge in [-0.1, -0.05) is 0 Å². The van der Waals surface area contributed by atoms with E-state index in [0.717, 1.165) is 5.75 Å². The molecule has 0 spiro atoms. The number of hydrogen-bond acceptors (Lipinski definition) is 1. The van der Waals surface area contributed by atoms with E-state index in [1.165, 1.54) is 31.7 Å². The summed E-state index contributed by atoms with van der Waals surface area (Å²) in [7, 11) is 0. The van der Waals surface area contributed by atoms with E-state index in [1.54, 1.807) is 3.88 Å². The van der Waals surface area contributed by atoms with Gasteiger partial charge in [-0.3, -0.25) is 0 Å². The number of rotatable bonds is 3. The van der Waals surface area contributed by atoms with Gasteiger partial charge < -0.3 is 0 Å². The second-order valence-corrected chi connectivity index (χ2v) is 12.5. The van der Waals surface area contributed by atoms with Crippen LogP contribution in [0.1, 0.15) is 73.4 Å². The van der Waals surface area contributed by atoms with Crippen LogP contribution in [0.4, 0.5) is 0 Å². The number of benzene rings is 1. The average molecular weight is 374 g/mol. The van der Waals surface area contributed by atoms with Crippen molar-refractivity contribution in [2.24, 2.45) is 5.92 Å². The maximum absolute atomic E-state index is 6.76. The topological polar surface area (TPSA) is 9.23 Å². The Labute approximate surface area is 161 Å². The SMILES string of the molecule is CC1=C(C)C(C)[C]([Ti]([O]c2cc(C)cc(C(C)(C)C)c2)=[C](C)C)=C1C. The van der Waals surface area contributed by atoms with E-state index < -0.39 is 17.8 Å². The zero-order chi connectivity index (χ0) is 19.1. The van der Waals surface area contributed by atoms with E-state index in [9.17, 15) is 0 Å². The van der Waals surface area contributed by atoms with Crippen molar-refractivity contribution >= 4 is 3.81 Å². The van der Waals surface area contributed by atoms with E-state index in [-0.39, 0.29) is 5.41 Å². The minimum atomic E-state index is -1.95. The molecule has 1 aromatic rings. The molecule has 0 heterocycles. The number of aryl methyl sites for hydroxylation is 1. The van der Waals surface area contributed by atoms with Gasteiger partial charge in [0, 0.05) is 0 Å². The van der Waals surface area contributed by atoms with Crippen LogP contribution in [0.2, 0.25) is 0 Å². The summed E-state index contributed by atoms with van der Waals surface area (Å²) in [6.45, 7) is 22.7. The van der Waals surface area contributed by atoms with Crippen molar-refractivity contribution in [3.05, 3.63) is 49.9 Å². The fourth-order valence-electron chi connectivity index (χ4n) is 3.51. The molecule has 0 amide bonds. The molecule has 0 bridgehead atoms. The molecular formula is C23H34OTi. The number of hydrogen-bond donors (Lipinski definition) is 0. The predicted octanol–water partition coefficient (Wildman–Crippen LogP) is 6.68. The second kappa shape index (κ2) is 7.37. The zero-order valence-electron chi connectivity index (χ0n) is 17.7. The van der Waals surface area contributed by atoms with Crippen LogP contribution in [-0.2, 0) is 23.2 Å². The van der Waals surface area contributed by atoms with Crippen molar-refractivity contribution in [1.82, 2.24) is 0 Å². The molecule has 0 radical (unpaired) electrons. The Kier molecular flexibility index (Phi) is 6.01. The van der Waals surface area contributed by atoms with Crippen LogP contribution in [0.3, 0.4) is 0 Å². The monoisotopic (exact) mass is 374 g/mol. The summed E-state index contributed by atoms with van der Waals surface area (Å²) in [5.41, 5.74) is 7.23. The Hall–Kier alpha value is -0.916. The molecule has 136 valence electrons. The molecule has 0 saturated heterocycles. The Morgan fingerprint density at radius 2 is 1.56 bits per heavy atom. The molecule has 1 nitrogen and oxygen atoms in total. The van der Waals surface area contributed by atoms with Gasteiger partial charge in [0.15, 0.2) is 0 Å². The van der Waals surface area contributed by atoms with E-state index >= 15 is 0 Å². The van der Waals surface area contributed by atoms with E-state index in [2.05, 4.69) is 87.4 Å². The van der Waals surface area contributed by atoms with Crippen LogP contribution in [-0.4, -0.2) is 3.81 Å². The van der Waals surface area contributed by atoms with Crippen LogP contribution < -0.4 is 3.32 Å². The summed E-state index contributed by atoms with van der Waals surface area (Å²) in [5, 5.41) is 0. The molecule has 1 unspecified atom stereocenters.